The van der Waals surface area contributed by atoms with Crippen LogP contribution < -0.4 is 5.73 Å². The van der Waals surface area contributed by atoms with Crippen molar-refractivity contribution in [1.82, 2.24) is 0 Å². The van der Waals surface area contributed by atoms with Gasteiger partial charge in [0, 0.05) is 6.54 Å². The summed E-state index contributed by atoms with van der Waals surface area (Å²) in [6, 6.07) is 16.0. The van der Waals surface area contributed by atoms with Crippen LogP contribution in [0.4, 0.5) is 0 Å². The van der Waals surface area contributed by atoms with Crippen LogP contribution in [0.2, 0.25) is 0 Å². The first-order valence-corrected chi connectivity index (χ1v) is 5.33. The second kappa shape index (κ2) is 4.92. The smallest absolute Gasteiger partial charge is 0.0681 e. The summed E-state index contributed by atoms with van der Waals surface area (Å²) in [6.07, 6.45) is 0. The summed E-state index contributed by atoms with van der Waals surface area (Å²) in [4.78, 5) is 0. The van der Waals surface area contributed by atoms with Gasteiger partial charge in [0.2, 0.25) is 0 Å². The Morgan fingerprint density at radius 3 is 2.38 bits per heavy atom. The summed E-state index contributed by atoms with van der Waals surface area (Å²) in [6.45, 7) is 0.542. The monoisotopic (exact) mass is 213 g/mol. The van der Waals surface area contributed by atoms with E-state index in [1.807, 2.05) is 36.4 Å². The number of nitrogens with two attached hydrogens (primary N) is 1. The molecule has 0 aromatic heterocycles. The Hall–Kier alpha value is -1.64. The number of hydrogen-bond donors (Lipinski definition) is 2. The summed E-state index contributed by atoms with van der Waals surface area (Å²) in [7, 11) is 0. The molecule has 0 radical (unpaired) electrons. The lowest BCUT2D eigenvalue weighted by Crippen LogP contribution is -2.00. The van der Waals surface area contributed by atoms with E-state index in [0.717, 1.165) is 22.3 Å². The first-order valence-electron chi connectivity index (χ1n) is 5.33. The number of aliphatic hydroxyl groups excluding tert-OH is 1. The van der Waals surface area contributed by atoms with Gasteiger partial charge < -0.3 is 10.8 Å². The van der Waals surface area contributed by atoms with Gasteiger partial charge in [-0.1, -0.05) is 48.5 Å². The van der Waals surface area contributed by atoms with Gasteiger partial charge in [-0.2, -0.15) is 0 Å². The van der Waals surface area contributed by atoms with Crippen LogP contribution in [0.1, 0.15) is 11.1 Å². The van der Waals surface area contributed by atoms with Crippen LogP contribution in [0.5, 0.6) is 0 Å². The van der Waals surface area contributed by atoms with Gasteiger partial charge in [0.25, 0.3) is 0 Å². The molecular formula is C14H15NO. The largest absolute Gasteiger partial charge is 0.392 e. The van der Waals surface area contributed by atoms with Crippen LogP contribution in [0.15, 0.2) is 48.5 Å². The molecule has 0 saturated heterocycles. The van der Waals surface area contributed by atoms with Gasteiger partial charge in [-0.25, -0.2) is 0 Å². The minimum atomic E-state index is 0.0576. The summed E-state index contributed by atoms with van der Waals surface area (Å²) in [5, 5.41) is 9.08. The van der Waals surface area contributed by atoms with Gasteiger partial charge in [0.15, 0.2) is 0 Å². The van der Waals surface area contributed by atoms with E-state index < -0.39 is 0 Å². The highest BCUT2D eigenvalue weighted by Gasteiger charge is 2.04. The molecule has 82 valence electrons. The van der Waals surface area contributed by atoms with E-state index in [9.17, 15) is 0 Å². The molecule has 3 N–H and O–H groups in total. The normalized spacial score (nSPS) is 10.4. The van der Waals surface area contributed by atoms with Crippen molar-refractivity contribution in [2.45, 2.75) is 13.2 Å². The first kappa shape index (κ1) is 10.9. The summed E-state index contributed by atoms with van der Waals surface area (Å²) >= 11 is 0. The molecule has 0 unspecified atom stereocenters. The number of aliphatic hydroxyl groups is 1. The van der Waals surface area contributed by atoms with Gasteiger partial charge in [0.05, 0.1) is 6.61 Å². The molecule has 2 rings (SSSR count). The molecule has 0 fully saturated rings. The third kappa shape index (κ3) is 2.13. The van der Waals surface area contributed by atoms with Gasteiger partial charge in [-0.15, -0.1) is 0 Å². The molecule has 16 heavy (non-hydrogen) atoms. The Morgan fingerprint density at radius 2 is 1.75 bits per heavy atom. The Balaban J connectivity index is 2.49. The van der Waals surface area contributed by atoms with Crippen molar-refractivity contribution in [3.05, 3.63) is 59.7 Å². The number of hydrogen-bond acceptors (Lipinski definition) is 2. The average molecular weight is 213 g/mol. The fourth-order valence-electron chi connectivity index (χ4n) is 1.81. The lowest BCUT2D eigenvalue weighted by atomic mass is 9.98. The van der Waals surface area contributed by atoms with Crippen molar-refractivity contribution in [1.29, 1.82) is 0 Å². The van der Waals surface area contributed by atoms with Crippen LogP contribution >= 0.6 is 0 Å². The fraction of sp³-hybridized carbons (Fsp3) is 0.143. The lowest BCUT2D eigenvalue weighted by Gasteiger charge is -2.09. The van der Waals surface area contributed by atoms with Crippen molar-refractivity contribution in [3.8, 4) is 11.1 Å². The van der Waals surface area contributed by atoms with E-state index >= 15 is 0 Å². The van der Waals surface area contributed by atoms with Crippen LogP contribution in [0.25, 0.3) is 11.1 Å². The molecule has 0 aliphatic heterocycles. The highest BCUT2D eigenvalue weighted by Crippen LogP contribution is 2.24. The second-order valence-electron chi connectivity index (χ2n) is 3.72. The van der Waals surface area contributed by atoms with E-state index in [-0.39, 0.29) is 6.61 Å². The molecular weight excluding hydrogens is 198 g/mol. The predicted molar refractivity (Wildman–Crippen MR) is 65.7 cm³/mol. The molecule has 2 aromatic carbocycles. The van der Waals surface area contributed by atoms with Crippen molar-refractivity contribution in [2.75, 3.05) is 0 Å². The Labute approximate surface area is 95.4 Å². The van der Waals surface area contributed by atoms with Crippen LogP contribution in [0.3, 0.4) is 0 Å². The van der Waals surface area contributed by atoms with Crippen molar-refractivity contribution >= 4 is 0 Å². The molecule has 0 saturated carbocycles. The molecule has 0 bridgehead atoms. The molecule has 0 amide bonds. The van der Waals surface area contributed by atoms with Crippen molar-refractivity contribution in [2.24, 2.45) is 5.73 Å². The zero-order chi connectivity index (χ0) is 11.4. The van der Waals surface area contributed by atoms with Gasteiger partial charge in [-0.05, 0) is 22.3 Å². The number of rotatable bonds is 3. The maximum absolute atomic E-state index is 9.08. The molecule has 2 nitrogen and oxygen atoms in total. The van der Waals surface area contributed by atoms with Crippen molar-refractivity contribution in [3.63, 3.8) is 0 Å². The Bertz CT molecular complexity index is 465. The van der Waals surface area contributed by atoms with E-state index in [2.05, 4.69) is 12.1 Å². The standard InChI is InChI=1S/C14H15NO/c15-9-13-8-11(10-16)6-7-14(13)12-4-2-1-3-5-12/h1-8,16H,9-10,15H2. The maximum atomic E-state index is 9.08. The minimum Gasteiger partial charge on any atom is -0.392 e. The third-order valence-corrected chi connectivity index (χ3v) is 2.66. The molecule has 0 atom stereocenters. The van der Waals surface area contributed by atoms with E-state index in [0.29, 0.717) is 6.54 Å². The highest BCUT2D eigenvalue weighted by molar-refractivity contribution is 5.67. The topological polar surface area (TPSA) is 46.2 Å². The molecule has 0 spiro atoms. The summed E-state index contributed by atoms with van der Waals surface area (Å²) < 4.78 is 0. The average Bonchev–Trinajstić information content (AvgIpc) is 2.39. The molecule has 0 aliphatic rings. The van der Waals surface area contributed by atoms with Gasteiger partial charge >= 0.3 is 0 Å². The predicted octanol–water partition coefficient (Wildman–Crippen LogP) is 2.30. The maximum Gasteiger partial charge on any atom is 0.0681 e. The van der Waals surface area contributed by atoms with E-state index in [1.165, 1.54) is 0 Å². The second-order valence-corrected chi connectivity index (χ2v) is 3.72. The van der Waals surface area contributed by atoms with Crippen LogP contribution in [-0.4, -0.2) is 5.11 Å². The molecule has 2 heteroatoms. The van der Waals surface area contributed by atoms with Crippen LogP contribution in [0, 0.1) is 0 Å². The van der Waals surface area contributed by atoms with Crippen molar-refractivity contribution < 1.29 is 5.11 Å². The lowest BCUT2D eigenvalue weighted by molar-refractivity contribution is 0.282. The zero-order valence-corrected chi connectivity index (χ0v) is 9.06. The van der Waals surface area contributed by atoms with E-state index in [1.54, 1.807) is 0 Å². The quantitative estimate of drug-likeness (QED) is 0.821. The SMILES string of the molecule is NCc1cc(CO)ccc1-c1ccccc1. The first-order chi connectivity index (χ1) is 7.85. The molecule has 0 aliphatic carbocycles. The Morgan fingerprint density at radius 1 is 1.00 bits per heavy atom. The summed E-state index contributed by atoms with van der Waals surface area (Å²) in [5.41, 5.74) is 10.00. The number of benzene rings is 2. The fourth-order valence-corrected chi connectivity index (χ4v) is 1.81. The Kier molecular flexibility index (Phi) is 3.34. The minimum absolute atomic E-state index is 0.0576. The van der Waals surface area contributed by atoms with Crippen LogP contribution in [-0.2, 0) is 13.2 Å². The highest BCUT2D eigenvalue weighted by atomic mass is 16.3. The molecule has 0 heterocycles. The zero-order valence-electron chi connectivity index (χ0n) is 9.06. The van der Waals surface area contributed by atoms with E-state index in [4.69, 9.17) is 10.8 Å². The van der Waals surface area contributed by atoms with Gasteiger partial charge in [-0.3, -0.25) is 0 Å². The summed E-state index contributed by atoms with van der Waals surface area (Å²) in [5.74, 6) is 0. The third-order valence-electron chi connectivity index (χ3n) is 2.66. The van der Waals surface area contributed by atoms with Gasteiger partial charge in [0.1, 0.15) is 0 Å². The molecule has 2 aromatic rings.